The van der Waals surface area contributed by atoms with Gasteiger partial charge in [-0.2, -0.15) is 9.78 Å². The fraction of sp³-hybridized carbons (Fsp3) is 0.130. The minimum Gasteiger partial charge on any atom is -0.343 e. The number of benzene rings is 2. The maximum absolute atomic E-state index is 13.9. The molecule has 0 unspecified atom stereocenters. The molecule has 7 nitrogen and oxygen atoms in total. The number of fused-ring (bicyclic) bond motifs is 4. The van der Waals surface area contributed by atoms with Crippen LogP contribution in [0.15, 0.2) is 59.5 Å². The van der Waals surface area contributed by atoms with E-state index in [1.165, 1.54) is 21.7 Å². The van der Waals surface area contributed by atoms with Gasteiger partial charge in [0.25, 0.3) is 11.5 Å². The molecular weight excluding hydrogens is 397 g/mol. The molecule has 0 spiro atoms. The zero-order chi connectivity index (χ0) is 21.9. The van der Waals surface area contributed by atoms with Crippen LogP contribution in [0.2, 0.25) is 0 Å². The van der Waals surface area contributed by atoms with Crippen molar-refractivity contribution in [2.75, 3.05) is 14.1 Å². The van der Waals surface area contributed by atoms with Crippen molar-refractivity contribution in [2.24, 2.45) is 7.05 Å². The van der Waals surface area contributed by atoms with Crippen molar-refractivity contribution in [2.45, 2.75) is 0 Å². The molecule has 0 aliphatic carbocycles. The van der Waals surface area contributed by atoms with Crippen LogP contribution in [0.5, 0.6) is 0 Å². The fourth-order valence-electron chi connectivity index (χ4n) is 3.91. The number of para-hydroxylation sites is 1. The summed E-state index contributed by atoms with van der Waals surface area (Å²) in [6.07, 6.45) is 1.55. The molecule has 5 aromatic rings. The van der Waals surface area contributed by atoms with Crippen LogP contribution < -0.4 is 5.56 Å². The van der Waals surface area contributed by atoms with Gasteiger partial charge in [-0.25, -0.2) is 4.39 Å². The lowest BCUT2D eigenvalue weighted by molar-refractivity contribution is 0.0822. The SMILES string of the molecule is CN(C)C(=O)c1nn(-c2cnc3ccccc3c2)c(=O)c2c1c1ccc(F)cc1n2C. The number of nitrogens with zero attached hydrogens (tertiary/aromatic N) is 5. The summed E-state index contributed by atoms with van der Waals surface area (Å²) in [6, 6.07) is 13.6. The predicted molar refractivity (Wildman–Crippen MR) is 117 cm³/mol. The molecule has 3 aromatic heterocycles. The first-order valence-corrected chi connectivity index (χ1v) is 9.64. The summed E-state index contributed by atoms with van der Waals surface area (Å²) in [5.41, 5.74) is 1.71. The Balaban J connectivity index is 1.93. The predicted octanol–water partition coefficient (Wildman–Crippen LogP) is 3.27. The second-order valence-electron chi connectivity index (χ2n) is 7.60. The quantitative estimate of drug-likeness (QED) is 0.444. The summed E-state index contributed by atoms with van der Waals surface area (Å²) in [6.45, 7) is 0. The first-order chi connectivity index (χ1) is 14.9. The third-order valence-electron chi connectivity index (χ3n) is 5.42. The lowest BCUT2D eigenvalue weighted by Crippen LogP contribution is -2.30. The van der Waals surface area contributed by atoms with Gasteiger partial charge in [0.15, 0.2) is 5.69 Å². The number of halogens is 1. The second-order valence-corrected chi connectivity index (χ2v) is 7.60. The number of aryl methyl sites for hydroxylation is 1. The van der Waals surface area contributed by atoms with Gasteiger partial charge in [0.2, 0.25) is 0 Å². The van der Waals surface area contributed by atoms with E-state index in [-0.39, 0.29) is 17.1 Å². The van der Waals surface area contributed by atoms with E-state index in [2.05, 4.69) is 10.1 Å². The fourth-order valence-corrected chi connectivity index (χ4v) is 3.91. The summed E-state index contributed by atoms with van der Waals surface area (Å²) in [7, 11) is 4.92. The lowest BCUT2D eigenvalue weighted by Gasteiger charge is -2.13. The standard InChI is InChI=1S/C23H18FN5O2/c1-27(2)22(30)20-19-16-9-8-14(24)11-18(16)28(3)21(19)23(31)29(26-20)15-10-13-6-4-5-7-17(13)25-12-15/h4-12H,1-3H3. The highest BCUT2D eigenvalue weighted by Gasteiger charge is 2.24. The van der Waals surface area contributed by atoms with Gasteiger partial charge in [0.1, 0.15) is 11.3 Å². The lowest BCUT2D eigenvalue weighted by atomic mass is 10.1. The van der Waals surface area contributed by atoms with Crippen LogP contribution in [-0.4, -0.2) is 44.2 Å². The summed E-state index contributed by atoms with van der Waals surface area (Å²) >= 11 is 0. The Kier molecular flexibility index (Phi) is 4.11. The summed E-state index contributed by atoms with van der Waals surface area (Å²) < 4.78 is 16.7. The Labute approximate surface area is 175 Å². The Morgan fingerprint density at radius 2 is 1.87 bits per heavy atom. The van der Waals surface area contributed by atoms with E-state index in [1.54, 1.807) is 44.0 Å². The molecule has 8 heteroatoms. The highest BCUT2D eigenvalue weighted by atomic mass is 19.1. The highest BCUT2D eigenvalue weighted by Crippen LogP contribution is 2.29. The van der Waals surface area contributed by atoms with E-state index >= 15 is 0 Å². The van der Waals surface area contributed by atoms with Gasteiger partial charge in [-0.15, -0.1) is 0 Å². The maximum atomic E-state index is 13.9. The van der Waals surface area contributed by atoms with Crippen molar-refractivity contribution in [1.82, 2.24) is 24.2 Å². The Morgan fingerprint density at radius 1 is 1.10 bits per heavy atom. The minimum atomic E-state index is -0.425. The molecule has 5 rings (SSSR count). The van der Waals surface area contributed by atoms with Gasteiger partial charge in [-0.1, -0.05) is 18.2 Å². The molecule has 3 heterocycles. The van der Waals surface area contributed by atoms with Crippen molar-refractivity contribution in [1.29, 1.82) is 0 Å². The molecule has 0 N–H and O–H groups in total. The van der Waals surface area contributed by atoms with Gasteiger partial charge < -0.3 is 9.47 Å². The van der Waals surface area contributed by atoms with Crippen LogP contribution in [0.4, 0.5) is 4.39 Å². The molecule has 0 saturated heterocycles. The zero-order valence-corrected chi connectivity index (χ0v) is 17.1. The molecule has 154 valence electrons. The Bertz CT molecular complexity index is 1580. The summed E-state index contributed by atoms with van der Waals surface area (Å²) in [4.78, 5) is 32.4. The van der Waals surface area contributed by atoms with E-state index in [4.69, 9.17) is 0 Å². The number of carbonyl (C=O) groups excluding carboxylic acids is 1. The van der Waals surface area contributed by atoms with Crippen molar-refractivity contribution < 1.29 is 9.18 Å². The average molecular weight is 415 g/mol. The third kappa shape index (κ3) is 2.79. The molecule has 0 aliphatic rings. The van der Waals surface area contributed by atoms with Crippen molar-refractivity contribution in [3.05, 3.63) is 76.6 Å². The summed E-state index contributed by atoms with van der Waals surface area (Å²) in [5.74, 6) is -0.782. The molecule has 0 fully saturated rings. The number of amides is 1. The van der Waals surface area contributed by atoms with Gasteiger partial charge in [-0.3, -0.25) is 14.6 Å². The third-order valence-corrected chi connectivity index (χ3v) is 5.42. The van der Waals surface area contributed by atoms with E-state index < -0.39 is 11.4 Å². The highest BCUT2D eigenvalue weighted by molar-refractivity contribution is 6.16. The van der Waals surface area contributed by atoms with Gasteiger partial charge in [0, 0.05) is 37.3 Å². The second kappa shape index (κ2) is 6.73. The number of aromatic nitrogens is 4. The van der Waals surface area contributed by atoms with Crippen LogP contribution >= 0.6 is 0 Å². The van der Waals surface area contributed by atoms with Crippen molar-refractivity contribution in [3.63, 3.8) is 0 Å². The molecule has 0 aliphatic heterocycles. The number of rotatable bonds is 2. The number of hydrogen-bond acceptors (Lipinski definition) is 4. The van der Waals surface area contributed by atoms with Crippen molar-refractivity contribution >= 4 is 38.6 Å². The molecular formula is C23H18FN5O2. The molecule has 0 radical (unpaired) electrons. The number of carbonyl (C=O) groups is 1. The molecule has 31 heavy (non-hydrogen) atoms. The first-order valence-electron chi connectivity index (χ1n) is 9.64. The summed E-state index contributed by atoms with van der Waals surface area (Å²) in [5, 5.41) is 6.29. The van der Waals surface area contributed by atoms with Crippen LogP contribution in [0.3, 0.4) is 0 Å². The molecule has 0 atom stereocenters. The van der Waals surface area contributed by atoms with Crippen LogP contribution in [0.1, 0.15) is 10.5 Å². The van der Waals surface area contributed by atoms with Gasteiger partial charge in [-0.05, 0) is 30.3 Å². The molecule has 0 bridgehead atoms. The van der Waals surface area contributed by atoms with Gasteiger partial charge >= 0.3 is 0 Å². The monoisotopic (exact) mass is 415 g/mol. The topological polar surface area (TPSA) is 73.0 Å². The van der Waals surface area contributed by atoms with E-state index in [0.29, 0.717) is 22.0 Å². The Hall–Kier alpha value is -4.07. The molecule has 0 saturated carbocycles. The van der Waals surface area contributed by atoms with Crippen LogP contribution in [-0.2, 0) is 7.05 Å². The average Bonchev–Trinajstić information content (AvgIpc) is 3.05. The molecule has 2 aromatic carbocycles. The minimum absolute atomic E-state index is 0.116. The maximum Gasteiger partial charge on any atom is 0.296 e. The first kappa shape index (κ1) is 18.9. The smallest absolute Gasteiger partial charge is 0.296 e. The normalized spacial score (nSPS) is 11.5. The van der Waals surface area contributed by atoms with E-state index in [9.17, 15) is 14.0 Å². The Morgan fingerprint density at radius 3 is 2.65 bits per heavy atom. The number of pyridine rings is 1. The van der Waals surface area contributed by atoms with Crippen LogP contribution in [0, 0.1) is 5.82 Å². The van der Waals surface area contributed by atoms with Crippen LogP contribution in [0.25, 0.3) is 38.4 Å². The number of hydrogen-bond donors (Lipinski definition) is 0. The van der Waals surface area contributed by atoms with E-state index in [0.717, 1.165) is 10.9 Å². The molecule has 1 amide bonds. The van der Waals surface area contributed by atoms with E-state index in [1.807, 2.05) is 24.3 Å². The zero-order valence-electron chi connectivity index (χ0n) is 17.1. The largest absolute Gasteiger partial charge is 0.343 e. The van der Waals surface area contributed by atoms with Crippen molar-refractivity contribution in [3.8, 4) is 5.69 Å². The van der Waals surface area contributed by atoms with Gasteiger partial charge in [0.05, 0.1) is 22.9 Å².